The highest BCUT2D eigenvalue weighted by atomic mass is 32.2. The topological polar surface area (TPSA) is 85.6 Å². The van der Waals surface area contributed by atoms with Crippen LogP contribution in [0.2, 0.25) is 0 Å². The van der Waals surface area contributed by atoms with Crippen molar-refractivity contribution in [2.45, 2.75) is 18.7 Å². The fraction of sp³-hybridized carbons (Fsp3) is 0.143. The molecule has 0 unspecified atom stereocenters. The largest absolute Gasteiger partial charge is 0.495 e. The average molecular weight is 408 g/mol. The van der Waals surface area contributed by atoms with Crippen molar-refractivity contribution in [3.63, 3.8) is 0 Å². The van der Waals surface area contributed by atoms with E-state index in [1.165, 1.54) is 7.11 Å². The molecule has 148 valence electrons. The number of ether oxygens (including phenoxy) is 1. The van der Waals surface area contributed by atoms with Gasteiger partial charge in [0.25, 0.3) is 10.0 Å². The molecule has 0 saturated heterocycles. The molecular weight excluding hydrogens is 388 g/mol. The highest BCUT2D eigenvalue weighted by Gasteiger charge is 2.21. The maximum Gasteiger partial charge on any atom is 0.265 e. The molecule has 0 saturated carbocycles. The third-order valence-electron chi connectivity index (χ3n) is 4.76. The number of benzene rings is 2. The van der Waals surface area contributed by atoms with E-state index in [1.54, 1.807) is 30.3 Å². The number of anilines is 1. The Bertz CT molecular complexity index is 1310. The SMILES string of the molecule is COc1cc(C)c(C)cc1S(=O)(=O)Nc1cccc(-c2nnc3ccccn23)c1. The van der Waals surface area contributed by atoms with Gasteiger partial charge in [-0.25, -0.2) is 8.42 Å². The molecule has 1 N–H and O–H groups in total. The number of methoxy groups -OCH3 is 1. The monoisotopic (exact) mass is 408 g/mol. The number of fused-ring (bicyclic) bond motifs is 1. The minimum absolute atomic E-state index is 0.0985. The van der Waals surface area contributed by atoms with Crippen molar-refractivity contribution in [2.24, 2.45) is 0 Å². The molecule has 29 heavy (non-hydrogen) atoms. The van der Waals surface area contributed by atoms with E-state index in [0.29, 0.717) is 22.9 Å². The van der Waals surface area contributed by atoms with Crippen LogP contribution >= 0.6 is 0 Å². The number of sulfonamides is 1. The summed E-state index contributed by atoms with van der Waals surface area (Å²) >= 11 is 0. The number of pyridine rings is 1. The lowest BCUT2D eigenvalue weighted by Gasteiger charge is -2.14. The van der Waals surface area contributed by atoms with E-state index in [9.17, 15) is 8.42 Å². The van der Waals surface area contributed by atoms with E-state index in [-0.39, 0.29) is 4.90 Å². The van der Waals surface area contributed by atoms with Gasteiger partial charge in [0.1, 0.15) is 10.6 Å². The molecule has 0 spiro atoms. The van der Waals surface area contributed by atoms with Gasteiger partial charge < -0.3 is 4.74 Å². The summed E-state index contributed by atoms with van der Waals surface area (Å²) in [5.41, 5.74) is 3.72. The summed E-state index contributed by atoms with van der Waals surface area (Å²) in [5.74, 6) is 0.936. The van der Waals surface area contributed by atoms with Crippen LogP contribution in [0.1, 0.15) is 11.1 Å². The normalized spacial score (nSPS) is 11.6. The van der Waals surface area contributed by atoms with Gasteiger partial charge in [0, 0.05) is 17.4 Å². The molecule has 4 aromatic rings. The first-order valence-corrected chi connectivity index (χ1v) is 10.5. The third kappa shape index (κ3) is 3.54. The van der Waals surface area contributed by atoms with E-state index in [4.69, 9.17) is 4.74 Å². The van der Waals surface area contributed by atoms with Crippen LogP contribution in [-0.2, 0) is 10.0 Å². The van der Waals surface area contributed by atoms with Crippen LogP contribution in [0.5, 0.6) is 5.75 Å². The smallest absolute Gasteiger partial charge is 0.265 e. The Balaban J connectivity index is 1.72. The minimum atomic E-state index is -3.84. The number of aromatic nitrogens is 3. The molecule has 0 aliphatic rings. The van der Waals surface area contributed by atoms with Gasteiger partial charge in [0.05, 0.1) is 7.11 Å². The zero-order chi connectivity index (χ0) is 20.6. The Morgan fingerprint density at radius 1 is 0.966 bits per heavy atom. The second-order valence-electron chi connectivity index (χ2n) is 6.73. The van der Waals surface area contributed by atoms with Gasteiger partial charge in [-0.1, -0.05) is 18.2 Å². The van der Waals surface area contributed by atoms with Crippen LogP contribution in [0.4, 0.5) is 5.69 Å². The van der Waals surface area contributed by atoms with Crippen LogP contribution in [0.25, 0.3) is 17.0 Å². The summed E-state index contributed by atoms with van der Waals surface area (Å²) in [5, 5.41) is 8.37. The van der Waals surface area contributed by atoms with E-state index < -0.39 is 10.0 Å². The van der Waals surface area contributed by atoms with Crippen molar-refractivity contribution >= 4 is 21.4 Å². The Morgan fingerprint density at radius 2 is 1.76 bits per heavy atom. The fourth-order valence-electron chi connectivity index (χ4n) is 3.10. The molecule has 0 amide bonds. The second-order valence-corrected chi connectivity index (χ2v) is 8.38. The van der Waals surface area contributed by atoms with Gasteiger partial charge in [-0.15, -0.1) is 10.2 Å². The van der Waals surface area contributed by atoms with Gasteiger partial charge in [-0.3, -0.25) is 9.12 Å². The molecule has 0 fully saturated rings. The molecule has 8 heteroatoms. The zero-order valence-electron chi connectivity index (χ0n) is 16.2. The Labute approximate surface area is 169 Å². The summed E-state index contributed by atoms with van der Waals surface area (Å²) < 4.78 is 35.8. The number of hydrogen-bond acceptors (Lipinski definition) is 5. The van der Waals surface area contributed by atoms with Gasteiger partial charge in [0.15, 0.2) is 11.5 Å². The van der Waals surface area contributed by atoms with E-state index in [2.05, 4.69) is 14.9 Å². The molecule has 0 aliphatic heterocycles. The zero-order valence-corrected chi connectivity index (χ0v) is 17.1. The summed E-state index contributed by atoms with van der Waals surface area (Å²) in [6.07, 6.45) is 1.86. The summed E-state index contributed by atoms with van der Waals surface area (Å²) in [7, 11) is -2.38. The second kappa shape index (κ2) is 7.21. The summed E-state index contributed by atoms with van der Waals surface area (Å²) in [6, 6.07) is 16.0. The molecule has 2 aromatic heterocycles. The van der Waals surface area contributed by atoms with Crippen molar-refractivity contribution < 1.29 is 13.2 Å². The number of nitrogens with one attached hydrogen (secondary N) is 1. The standard InChI is InChI=1S/C21H20N4O3S/c1-14-11-18(28-3)19(12-15(14)2)29(26,27)24-17-8-6-7-16(13-17)21-23-22-20-9-4-5-10-25(20)21/h4-13,24H,1-3H3. The maximum atomic E-state index is 13.0. The quantitative estimate of drug-likeness (QED) is 0.543. The van der Waals surface area contributed by atoms with Crippen LogP contribution in [-0.4, -0.2) is 30.1 Å². The van der Waals surface area contributed by atoms with Crippen LogP contribution in [0.15, 0.2) is 65.7 Å². The molecule has 0 atom stereocenters. The highest BCUT2D eigenvalue weighted by molar-refractivity contribution is 7.92. The summed E-state index contributed by atoms with van der Waals surface area (Å²) in [6.45, 7) is 3.78. The number of aryl methyl sites for hydroxylation is 2. The van der Waals surface area contributed by atoms with E-state index >= 15 is 0 Å². The van der Waals surface area contributed by atoms with E-state index in [1.807, 2.05) is 48.7 Å². The van der Waals surface area contributed by atoms with Crippen molar-refractivity contribution in [1.82, 2.24) is 14.6 Å². The average Bonchev–Trinajstić information content (AvgIpc) is 3.13. The van der Waals surface area contributed by atoms with Gasteiger partial charge in [-0.2, -0.15) is 0 Å². The summed E-state index contributed by atoms with van der Waals surface area (Å²) in [4.78, 5) is 0.0985. The molecule has 0 bridgehead atoms. The molecule has 0 aliphatic carbocycles. The predicted molar refractivity (Wildman–Crippen MR) is 112 cm³/mol. The maximum absolute atomic E-state index is 13.0. The minimum Gasteiger partial charge on any atom is -0.495 e. The molecular formula is C21H20N4O3S. The lowest BCUT2D eigenvalue weighted by atomic mass is 10.1. The third-order valence-corrected chi connectivity index (χ3v) is 6.16. The lowest BCUT2D eigenvalue weighted by molar-refractivity contribution is 0.402. The first kappa shape index (κ1) is 18.9. The Kier molecular flexibility index (Phi) is 4.71. The van der Waals surface area contributed by atoms with Crippen molar-refractivity contribution in [1.29, 1.82) is 0 Å². The van der Waals surface area contributed by atoms with Gasteiger partial charge in [0.2, 0.25) is 0 Å². The first-order valence-electron chi connectivity index (χ1n) is 8.97. The molecule has 0 radical (unpaired) electrons. The van der Waals surface area contributed by atoms with Crippen molar-refractivity contribution in [3.05, 3.63) is 71.9 Å². The van der Waals surface area contributed by atoms with Crippen molar-refractivity contribution in [2.75, 3.05) is 11.8 Å². The number of hydrogen-bond donors (Lipinski definition) is 1. The predicted octanol–water partition coefficient (Wildman–Crippen LogP) is 3.82. The van der Waals surface area contributed by atoms with Crippen LogP contribution in [0.3, 0.4) is 0 Å². The van der Waals surface area contributed by atoms with Crippen molar-refractivity contribution in [3.8, 4) is 17.1 Å². The Morgan fingerprint density at radius 3 is 2.55 bits per heavy atom. The highest BCUT2D eigenvalue weighted by Crippen LogP contribution is 2.30. The Hall–Kier alpha value is -3.39. The van der Waals surface area contributed by atoms with Gasteiger partial charge in [-0.05, 0) is 61.4 Å². The number of nitrogens with zero attached hydrogens (tertiary/aromatic N) is 3. The molecule has 2 heterocycles. The van der Waals surface area contributed by atoms with Crippen LogP contribution < -0.4 is 9.46 Å². The number of rotatable bonds is 5. The fourth-order valence-corrected chi connectivity index (χ4v) is 4.39. The van der Waals surface area contributed by atoms with E-state index in [0.717, 1.165) is 16.7 Å². The molecule has 2 aromatic carbocycles. The van der Waals surface area contributed by atoms with Crippen LogP contribution in [0, 0.1) is 13.8 Å². The first-order chi connectivity index (χ1) is 13.9. The van der Waals surface area contributed by atoms with Gasteiger partial charge >= 0.3 is 0 Å². The molecule has 7 nitrogen and oxygen atoms in total. The molecule has 4 rings (SSSR count). The lowest BCUT2D eigenvalue weighted by Crippen LogP contribution is -2.14.